The van der Waals surface area contributed by atoms with Gasteiger partial charge in [-0.05, 0) is 49.7 Å². The minimum absolute atomic E-state index is 0.00549. The maximum Gasteiger partial charge on any atom is 0.289 e. The van der Waals surface area contributed by atoms with E-state index in [4.69, 9.17) is 20.8 Å². The fourth-order valence-corrected chi connectivity index (χ4v) is 4.42. The molecule has 1 amide bonds. The van der Waals surface area contributed by atoms with Crippen LogP contribution in [0.1, 0.15) is 28.7 Å². The molecule has 0 bridgehead atoms. The monoisotopic (exact) mass is 450 g/mol. The Hall–Kier alpha value is -3.43. The lowest BCUT2D eigenvalue weighted by Crippen LogP contribution is -2.34. The number of carbonyl (C=O) groups is 1. The fourth-order valence-electron chi connectivity index (χ4n) is 4.24. The van der Waals surface area contributed by atoms with Gasteiger partial charge in [0, 0.05) is 36.1 Å². The molecule has 5 heterocycles. The summed E-state index contributed by atoms with van der Waals surface area (Å²) >= 11 is 6.10. The van der Waals surface area contributed by atoms with E-state index in [1.807, 2.05) is 25.1 Å². The Kier molecular flexibility index (Phi) is 4.41. The van der Waals surface area contributed by atoms with Gasteiger partial charge in [0.25, 0.3) is 5.91 Å². The smallest absolute Gasteiger partial charge is 0.289 e. The van der Waals surface area contributed by atoms with E-state index >= 15 is 0 Å². The van der Waals surface area contributed by atoms with Crippen LogP contribution >= 0.6 is 11.6 Å². The van der Waals surface area contributed by atoms with Crippen molar-refractivity contribution in [2.24, 2.45) is 0 Å². The summed E-state index contributed by atoms with van der Waals surface area (Å²) in [7, 11) is 0. The molecule has 0 saturated carbocycles. The van der Waals surface area contributed by atoms with Crippen molar-refractivity contribution in [2.45, 2.75) is 25.9 Å². The summed E-state index contributed by atoms with van der Waals surface area (Å²) in [5.74, 6) is 0.892. The number of hydrogen-bond acceptors (Lipinski definition) is 8. The van der Waals surface area contributed by atoms with Gasteiger partial charge in [-0.3, -0.25) is 4.79 Å². The van der Waals surface area contributed by atoms with Crippen LogP contribution in [0.5, 0.6) is 11.8 Å². The second-order valence-electron chi connectivity index (χ2n) is 7.97. The van der Waals surface area contributed by atoms with Gasteiger partial charge in [-0.15, -0.1) is 0 Å². The number of halogens is 1. The van der Waals surface area contributed by atoms with Crippen LogP contribution < -0.4 is 20.7 Å². The Bertz CT molecular complexity index is 1400. The van der Waals surface area contributed by atoms with Gasteiger partial charge in [-0.25, -0.2) is 9.97 Å². The standard InChI is InChI=1S/C22H19ClN6O3/c1-10-8-25-18-17-11-2-5-16(27-13(11)3-4-15(17)31-19(18)20(30)26-10)32-21-12-6-7-24-9-14(12)28-22(23)29-21/h2-5,10,24-25H,6-9H2,1H3,(H,26,30). The molecule has 6 rings (SSSR count). The molecule has 10 heteroatoms. The van der Waals surface area contributed by atoms with Crippen LogP contribution in [0.15, 0.2) is 28.7 Å². The van der Waals surface area contributed by atoms with Gasteiger partial charge in [0.2, 0.25) is 22.8 Å². The first kappa shape index (κ1) is 19.3. The SMILES string of the molecule is CC1CNc2c(oc3ccc4nc(Oc5nc(Cl)nc6c5CCNC6)ccc4c23)C(=O)N1. The molecule has 2 aliphatic rings. The maximum atomic E-state index is 12.5. The minimum atomic E-state index is -0.227. The number of nitrogens with one attached hydrogen (secondary N) is 3. The second-order valence-corrected chi connectivity index (χ2v) is 8.31. The summed E-state index contributed by atoms with van der Waals surface area (Å²) < 4.78 is 11.9. The van der Waals surface area contributed by atoms with Gasteiger partial charge < -0.3 is 25.1 Å². The van der Waals surface area contributed by atoms with Crippen molar-refractivity contribution in [1.82, 2.24) is 25.6 Å². The Morgan fingerprint density at radius 3 is 3.00 bits per heavy atom. The van der Waals surface area contributed by atoms with Crippen molar-refractivity contribution in [1.29, 1.82) is 0 Å². The predicted molar refractivity (Wildman–Crippen MR) is 119 cm³/mol. The zero-order chi connectivity index (χ0) is 21.8. The average molecular weight is 451 g/mol. The second kappa shape index (κ2) is 7.32. The zero-order valence-electron chi connectivity index (χ0n) is 17.2. The highest BCUT2D eigenvalue weighted by atomic mass is 35.5. The molecule has 0 saturated heterocycles. The van der Waals surface area contributed by atoms with E-state index in [2.05, 4.69) is 30.9 Å². The summed E-state index contributed by atoms with van der Waals surface area (Å²) in [5.41, 5.74) is 3.81. The number of carbonyl (C=O) groups excluding carboxylic acids is 1. The molecule has 4 aromatic rings. The number of ether oxygens (including phenoxy) is 1. The third kappa shape index (κ3) is 3.12. The largest absolute Gasteiger partial charge is 0.449 e. The number of aromatic nitrogens is 3. The van der Waals surface area contributed by atoms with Gasteiger partial charge >= 0.3 is 0 Å². The molecular weight excluding hydrogens is 432 g/mol. The number of furan rings is 1. The number of amides is 1. The zero-order valence-corrected chi connectivity index (χ0v) is 17.9. The minimum Gasteiger partial charge on any atom is -0.449 e. The highest BCUT2D eigenvalue weighted by Crippen LogP contribution is 2.38. The van der Waals surface area contributed by atoms with Crippen LogP contribution in [0.2, 0.25) is 5.28 Å². The average Bonchev–Trinajstić information content (AvgIpc) is 3.10. The van der Waals surface area contributed by atoms with Gasteiger partial charge in [-0.2, -0.15) is 4.98 Å². The first-order valence-corrected chi connectivity index (χ1v) is 10.8. The molecule has 0 aliphatic carbocycles. The third-order valence-corrected chi connectivity index (χ3v) is 5.91. The Labute approximate surface area is 187 Å². The van der Waals surface area contributed by atoms with Gasteiger partial charge in [-0.1, -0.05) is 0 Å². The van der Waals surface area contributed by atoms with Crippen LogP contribution in [0.25, 0.3) is 21.9 Å². The van der Waals surface area contributed by atoms with Gasteiger partial charge in [0.05, 0.1) is 22.3 Å². The van der Waals surface area contributed by atoms with Crippen LogP contribution in [0.3, 0.4) is 0 Å². The lowest BCUT2D eigenvalue weighted by Gasteiger charge is -2.18. The summed E-state index contributed by atoms with van der Waals surface area (Å²) in [4.78, 5) is 25.8. The molecule has 1 atom stereocenters. The normalized spacial score (nSPS) is 17.9. The molecular formula is C22H19ClN6O3. The number of fused-ring (bicyclic) bond motifs is 6. The lowest BCUT2D eigenvalue weighted by atomic mass is 10.1. The number of anilines is 1. The van der Waals surface area contributed by atoms with E-state index in [1.54, 1.807) is 6.07 Å². The number of rotatable bonds is 2. The van der Waals surface area contributed by atoms with E-state index < -0.39 is 0 Å². The molecule has 0 radical (unpaired) electrons. The highest BCUT2D eigenvalue weighted by molar-refractivity contribution is 6.28. The molecule has 9 nitrogen and oxygen atoms in total. The number of pyridine rings is 1. The fraction of sp³-hybridized carbons (Fsp3) is 0.273. The Morgan fingerprint density at radius 2 is 2.09 bits per heavy atom. The number of hydrogen-bond donors (Lipinski definition) is 3. The third-order valence-electron chi connectivity index (χ3n) is 5.74. The molecule has 3 aromatic heterocycles. The molecule has 2 aliphatic heterocycles. The maximum absolute atomic E-state index is 12.5. The van der Waals surface area contributed by atoms with E-state index in [-0.39, 0.29) is 23.0 Å². The van der Waals surface area contributed by atoms with Crippen LogP contribution in [0, 0.1) is 0 Å². The first-order chi connectivity index (χ1) is 15.6. The van der Waals surface area contributed by atoms with Crippen LogP contribution in [-0.4, -0.2) is 40.0 Å². The predicted octanol–water partition coefficient (Wildman–Crippen LogP) is 3.41. The van der Waals surface area contributed by atoms with Crippen molar-refractivity contribution < 1.29 is 13.9 Å². The van der Waals surface area contributed by atoms with E-state index in [1.165, 1.54) is 0 Å². The van der Waals surface area contributed by atoms with Crippen molar-refractivity contribution in [3.63, 3.8) is 0 Å². The summed E-state index contributed by atoms with van der Waals surface area (Å²) in [6, 6.07) is 7.36. The summed E-state index contributed by atoms with van der Waals surface area (Å²) in [6.07, 6.45) is 0.753. The Balaban J connectivity index is 1.44. The van der Waals surface area contributed by atoms with Gasteiger partial charge in [0.15, 0.2) is 0 Å². The summed E-state index contributed by atoms with van der Waals surface area (Å²) in [6.45, 7) is 3.99. The van der Waals surface area contributed by atoms with E-state index in [9.17, 15) is 4.79 Å². The molecule has 0 fully saturated rings. The van der Waals surface area contributed by atoms with Crippen molar-refractivity contribution >= 4 is 45.1 Å². The molecule has 32 heavy (non-hydrogen) atoms. The molecule has 1 aromatic carbocycles. The number of nitrogens with zero attached hydrogens (tertiary/aromatic N) is 3. The van der Waals surface area contributed by atoms with E-state index in [0.717, 1.165) is 35.0 Å². The van der Waals surface area contributed by atoms with Crippen molar-refractivity contribution in [3.05, 3.63) is 46.6 Å². The highest BCUT2D eigenvalue weighted by Gasteiger charge is 2.27. The van der Waals surface area contributed by atoms with Crippen LogP contribution in [-0.2, 0) is 13.0 Å². The lowest BCUT2D eigenvalue weighted by molar-refractivity contribution is 0.0920. The quantitative estimate of drug-likeness (QED) is 0.398. The topological polar surface area (TPSA) is 114 Å². The van der Waals surface area contributed by atoms with Crippen molar-refractivity contribution in [3.8, 4) is 11.8 Å². The Morgan fingerprint density at radius 1 is 1.19 bits per heavy atom. The van der Waals surface area contributed by atoms with Gasteiger partial charge in [0.1, 0.15) is 5.58 Å². The van der Waals surface area contributed by atoms with Crippen molar-refractivity contribution in [2.75, 3.05) is 18.4 Å². The molecule has 1 unspecified atom stereocenters. The summed E-state index contributed by atoms with van der Waals surface area (Å²) in [5, 5.41) is 11.4. The van der Waals surface area contributed by atoms with E-state index in [0.29, 0.717) is 41.6 Å². The molecule has 3 N–H and O–H groups in total. The molecule has 162 valence electrons. The first-order valence-electron chi connectivity index (χ1n) is 10.4. The number of benzene rings is 1. The van der Waals surface area contributed by atoms with Crippen LogP contribution in [0.4, 0.5) is 5.69 Å². The molecule has 0 spiro atoms.